The quantitative estimate of drug-likeness (QED) is 0.642. The topological polar surface area (TPSA) is 78.5 Å². The summed E-state index contributed by atoms with van der Waals surface area (Å²) in [5.74, 6) is -0.245. The zero-order chi connectivity index (χ0) is 20.7. The summed E-state index contributed by atoms with van der Waals surface area (Å²) in [6.45, 7) is 0.402. The smallest absolute Gasteiger partial charge is 0.244 e. The lowest BCUT2D eigenvalue weighted by molar-refractivity contribution is -0.116. The summed E-state index contributed by atoms with van der Waals surface area (Å²) in [6.07, 6.45) is 3.05. The van der Waals surface area contributed by atoms with Crippen LogP contribution >= 0.6 is 11.6 Å². The predicted molar refractivity (Wildman–Crippen MR) is 113 cm³/mol. The second-order valence-electron chi connectivity index (χ2n) is 6.36. The fraction of sp³-hybridized carbons (Fsp3) is 0.250. The van der Waals surface area contributed by atoms with Crippen LogP contribution in [0.2, 0.25) is 5.02 Å². The molecule has 6 nitrogen and oxygen atoms in total. The maximum atomic E-state index is 12.2. The van der Waals surface area contributed by atoms with Crippen LogP contribution in [0.15, 0.2) is 59.5 Å². The Labute approximate surface area is 171 Å². The Hall–Kier alpha value is -2.19. The van der Waals surface area contributed by atoms with Gasteiger partial charge in [0.15, 0.2) is 0 Å². The van der Waals surface area contributed by atoms with Crippen LogP contribution in [-0.2, 0) is 14.8 Å². The van der Waals surface area contributed by atoms with Gasteiger partial charge in [-0.15, -0.1) is 0 Å². The van der Waals surface area contributed by atoms with E-state index >= 15 is 0 Å². The van der Waals surface area contributed by atoms with E-state index in [0.717, 1.165) is 11.1 Å². The van der Waals surface area contributed by atoms with E-state index in [4.69, 9.17) is 11.6 Å². The Bertz CT molecular complexity index is 941. The summed E-state index contributed by atoms with van der Waals surface area (Å²) in [6, 6.07) is 13.7. The third-order valence-electron chi connectivity index (χ3n) is 4.24. The molecule has 0 saturated carbocycles. The highest BCUT2D eigenvalue weighted by Crippen LogP contribution is 2.25. The molecule has 1 amide bonds. The summed E-state index contributed by atoms with van der Waals surface area (Å²) >= 11 is 6.27. The molecular formula is C20H24ClN3O3S. The zero-order valence-corrected chi connectivity index (χ0v) is 17.6. The molecule has 150 valence electrons. The van der Waals surface area contributed by atoms with Crippen molar-refractivity contribution >= 4 is 33.6 Å². The number of hydrogen-bond acceptors (Lipinski definition) is 4. The van der Waals surface area contributed by atoms with Crippen molar-refractivity contribution in [3.05, 3.63) is 70.8 Å². The van der Waals surface area contributed by atoms with Crippen LogP contribution in [0, 0.1) is 0 Å². The molecule has 1 unspecified atom stereocenters. The number of nitrogens with zero attached hydrogens (tertiary/aromatic N) is 1. The standard InChI is InChI=1S/C20H24ClN3O3S/c1-22-28(26,27)16-11-8-15(9-12-16)10-13-20(25)23-14-19(24(2)3)17-6-4-5-7-18(17)21/h4-13,19,22H,14H2,1-3H3,(H,23,25)/b13-10+. The van der Waals surface area contributed by atoms with Gasteiger partial charge < -0.3 is 10.2 Å². The van der Waals surface area contributed by atoms with E-state index in [-0.39, 0.29) is 16.8 Å². The fourth-order valence-electron chi connectivity index (χ4n) is 2.62. The minimum absolute atomic E-state index is 0.0583. The molecule has 0 aliphatic carbocycles. The first kappa shape index (κ1) is 22.1. The third-order valence-corrected chi connectivity index (χ3v) is 6.02. The summed E-state index contributed by atoms with van der Waals surface area (Å²) in [4.78, 5) is 14.3. The van der Waals surface area contributed by atoms with Crippen molar-refractivity contribution in [3.63, 3.8) is 0 Å². The summed E-state index contributed by atoms with van der Waals surface area (Å²) in [5, 5.41) is 3.53. The second kappa shape index (κ2) is 9.84. The van der Waals surface area contributed by atoms with Crippen LogP contribution < -0.4 is 10.0 Å². The largest absolute Gasteiger partial charge is 0.351 e. The van der Waals surface area contributed by atoms with Gasteiger partial charge in [-0.05, 0) is 56.5 Å². The monoisotopic (exact) mass is 421 g/mol. The first-order valence-electron chi connectivity index (χ1n) is 8.65. The number of likely N-dealkylation sites (N-methyl/N-ethyl adjacent to an activating group) is 1. The van der Waals surface area contributed by atoms with Crippen molar-refractivity contribution in [2.24, 2.45) is 0 Å². The van der Waals surface area contributed by atoms with E-state index < -0.39 is 10.0 Å². The molecule has 0 spiro atoms. The molecule has 0 radical (unpaired) electrons. The molecule has 0 aliphatic heterocycles. The van der Waals surface area contributed by atoms with Gasteiger partial charge in [-0.1, -0.05) is 41.9 Å². The molecule has 2 aromatic rings. The Kier molecular flexibility index (Phi) is 7.77. The van der Waals surface area contributed by atoms with E-state index in [1.165, 1.54) is 25.3 Å². The first-order valence-corrected chi connectivity index (χ1v) is 10.5. The summed E-state index contributed by atoms with van der Waals surface area (Å²) in [5.41, 5.74) is 1.67. The van der Waals surface area contributed by atoms with Gasteiger partial charge in [0, 0.05) is 17.6 Å². The van der Waals surface area contributed by atoms with Crippen molar-refractivity contribution in [3.8, 4) is 0 Å². The lowest BCUT2D eigenvalue weighted by atomic mass is 10.1. The third kappa shape index (κ3) is 5.90. The normalized spacial score (nSPS) is 13.0. The van der Waals surface area contributed by atoms with Gasteiger partial charge in [0.2, 0.25) is 15.9 Å². The average Bonchev–Trinajstić information content (AvgIpc) is 2.68. The van der Waals surface area contributed by atoms with Gasteiger partial charge >= 0.3 is 0 Å². The summed E-state index contributed by atoms with van der Waals surface area (Å²) in [7, 11) is 1.74. The van der Waals surface area contributed by atoms with Crippen molar-refractivity contribution in [2.45, 2.75) is 10.9 Å². The molecule has 0 fully saturated rings. The van der Waals surface area contributed by atoms with E-state index in [2.05, 4.69) is 10.0 Å². The SMILES string of the molecule is CNS(=O)(=O)c1ccc(/C=C/C(=O)NCC(c2ccccc2Cl)N(C)C)cc1. The molecule has 1 atom stereocenters. The fourth-order valence-corrected chi connectivity index (χ4v) is 3.61. The molecule has 2 N–H and O–H groups in total. The highest BCUT2D eigenvalue weighted by atomic mass is 35.5. The number of rotatable bonds is 8. The number of amides is 1. The first-order chi connectivity index (χ1) is 13.2. The predicted octanol–water partition coefficient (Wildman–Crippen LogP) is 2.68. The van der Waals surface area contributed by atoms with Gasteiger partial charge in [-0.2, -0.15) is 0 Å². The minimum atomic E-state index is -3.47. The van der Waals surface area contributed by atoms with Crippen LogP contribution in [0.4, 0.5) is 0 Å². The second-order valence-corrected chi connectivity index (χ2v) is 8.65. The number of benzene rings is 2. The van der Waals surface area contributed by atoms with E-state index in [0.29, 0.717) is 11.6 Å². The maximum absolute atomic E-state index is 12.2. The molecular weight excluding hydrogens is 398 g/mol. The van der Waals surface area contributed by atoms with E-state index in [1.807, 2.05) is 43.3 Å². The number of sulfonamides is 1. The molecule has 0 aliphatic rings. The van der Waals surface area contributed by atoms with E-state index in [9.17, 15) is 13.2 Å². The molecule has 0 heterocycles. The molecule has 0 aromatic heterocycles. The zero-order valence-electron chi connectivity index (χ0n) is 16.0. The number of halogens is 1. The molecule has 2 aromatic carbocycles. The van der Waals surface area contributed by atoms with Crippen molar-refractivity contribution in [1.82, 2.24) is 14.9 Å². The van der Waals surface area contributed by atoms with Gasteiger partial charge in [0.25, 0.3) is 0 Å². The number of hydrogen-bond donors (Lipinski definition) is 2. The number of carbonyl (C=O) groups excluding carboxylic acids is 1. The highest BCUT2D eigenvalue weighted by molar-refractivity contribution is 7.89. The van der Waals surface area contributed by atoms with Crippen LogP contribution in [0.1, 0.15) is 17.2 Å². The molecule has 2 rings (SSSR count). The molecule has 0 bridgehead atoms. The Morgan fingerprint density at radius 2 is 1.79 bits per heavy atom. The van der Waals surface area contributed by atoms with E-state index in [1.54, 1.807) is 18.2 Å². The van der Waals surface area contributed by atoms with Crippen LogP contribution in [-0.4, -0.2) is 46.9 Å². The van der Waals surface area contributed by atoms with Crippen molar-refractivity contribution in [1.29, 1.82) is 0 Å². The van der Waals surface area contributed by atoms with Crippen LogP contribution in [0.3, 0.4) is 0 Å². The Balaban J connectivity index is 2.00. The lowest BCUT2D eigenvalue weighted by Crippen LogP contribution is -2.33. The van der Waals surface area contributed by atoms with Gasteiger partial charge in [-0.25, -0.2) is 13.1 Å². The van der Waals surface area contributed by atoms with Gasteiger partial charge in [0.05, 0.1) is 10.9 Å². The van der Waals surface area contributed by atoms with Crippen molar-refractivity contribution < 1.29 is 13.2 Å². The van der Waals surface area contributed by atoms with Crippen LogP contribution in [0.5, 0.6) is 0 Å². The number of carbonyl (C=O) groups is 1. The highest BCUT2D eigenvalue weighted by Gasteiger charge is 2.17. The van der Waals surface area contributed by atoms with Crippen LogP contribution in [0.25, 0.3) is 6.08 Å². The average molecular weight is 422 g/mol. The summed E-state index contributed by atoms with van der Waals surface area (Å²) < 4.78 is 25.7. The van der Waals surface area contributed by atoms with Gasteiger partial charge in [-0.3, -0.25) is 4.79 Å². The van der Waals surface area contributed by atoms with Crippen molar-refractivity contribution in [2.75, 3.05) is 27.7 Å². The molecule has 8 heteroatoms. The minimum Gasteiger partial charge on any atom is -0.351 e. The Morgan fingerprint density at radius 1 is 1.14 bits per heavy atom. The molecule has 28 heavy (non-hydrogen) atoms. The molecule has 0 saturated heterocycles. The van der Waals surface area contributed by atoms with Gasteiger partial charge in [0.1, 0.15) is 0 Å². The lowest BCUT2D eigenvalue weighted by Gasteiger charge is -2.25. The number of nitrogens with one attached hydrogen (secondary N) is 2. The Morgan fingerprint density at radius 3 is 2.36 bits per heavy atom. The maximum Gasteiger partial charge on any atom is 0.244 e.